The molecular weight excluding hydrogens is 522 g/mol. The molecule has 3 aromatic carbocycles. The summed E-state index contributed by atoms with van der Waals surface area (Å²) in [5, 5.41) is 18.1. The molecule has 3 saturated heterocycles. The van der Waals surface area contributed by atoms with E-state index >= 15 is 0 Å². The Morgan fingerprint density at radius 3 is 2.41 bits per heavy atom. The summed E-state index contributed by atoms with van der Waals surface area (Å²) in [5.74, 6) is -2.04. The molecule has 3 amide bonds. The number of carbonyl (C=O) groups is 3. The molecule has 0 radical (unpaired) electrons. The standard InChI is InChI=1S/C32H35N3O6/c1-4-40-24-13-11-22(12-14-24)33-28(37)25-26-30(39)35(19(2)18-36)27(32(26)16-15-31(25,3)41-32)29(38)34-23-10-9-20-7-5-6-8-21(20)17-23/h5-14,17,19,25-27,36H,4,15-16,18H2,1-3H3,(H,33,37)(H,34,38)/t19-,25-,26+,27?,31+,32?/m1/s1. The summed E-state index contributed by atoms with van der Waals surface area (Å²) in [4.78, 5) is 43.4. The van der Waals surface area contributed by atoms with Gasteiger partial charge in [-0.15, -0.1) is 0 Å². The summed E-state index contributed by atoms with van der Waals surface area (Å²) in [6.07, 6.45) is 0.983. The third kappa shape index (κ3) is 4.35. The molecule has 2 unspecified atom stereocenters. The van der Waals surface area contributed by atoms with Gasteiger partial charge in [-0.2, -0.15) is 0 Å². The van der Waals surface area contributed by atoms with Crippen LogP contribution in [0.2, 0.25) is 0 Å². The molecule has 0 saturated carbocycles. The van der Waals surface area contributed by atoms with E-state index in [1.54, 1.807) is 31.2 Å². The van der Waals surface area contributed by atoms with E-state index in [2.05, 4.69) is 10.6 Å². The van der Waals surface area contributed by atoms with Crippen molar-refractivity contribution in [3.63, 3.8) is 0 Å². The maximum Gasteiger partial charge on any atom is 0.250 e. The third-order valence-electron chi connectivity index (χ3n) is 8.93. The molecule has 3 aliphatic rings. The summed E-state index contributed by atoms with van der Waals surface area (Å²) in [5.41, 5.74) is -0.917. The predicted octanol–water partition coefficient (Wildman–Crippen LogP) is 3.96. The minimum absolute atomic E-state index is 0.325. The topological polar surface area (TPSA) is 117 Å². The number of ether oxygens (including phenoxy) is 2. The van der Waals surface area contributed by atoms with Crippen molar-refractivity contribution >= 4 is 39.9 Å². The molecule has 9 nitrogen and oxygen atoms in total. The number of nitrogens with zero attached hydrogens (tertiary/aromatic N) is 1. The van der Waals surface area contributed by atoms with E-state index in [0.717, 1.165) is 10.8 Å². The van der Waals surface area contributed by atoms with Crippen molar-refractivity contribution < 1.29 is 29.0 Å². The maximum absolute atomic E-state index is 14.1. The summed E-state index contributed by atoms with van der Waals surface area (Å²) < 4.78 is 12.1. The Morgan fingerprint density at radius 1 is 1.02 bits per heavy atom. The Labute approximate surface area is 238 Å². The van der Waals surface area contributed by atoms with Crippen molar-refractivity contribution in [3.05, 3.63) is 66.7 Å². The van der Waals surface area contributed by atoms with Crippen LogP contribution >= 0.6 is 0 Å². The van der Waals surface area contributed by atoms with Crippen molar-refractivity contribution in [2.75, 3.05) is 23.8 Å². The molecule has 6 atom stereocenters. The van der Waals surface area contributed by atoms with Crippen LogP contribution in [0.25, 0.3) is 10.8 Å². The normalized spacial score (nSPS) is 28.9. The highest BCUT2D eigenvalue weighted by Gasteiger charge is 2.78. The van der Waals surface area contributed by atoms with E-state index < -0.39 is 41.0 Å². The molecule has 9 heteroatoms. The third-order valence-corrected chi connectivity index (χ3v) is 8.93. The predicted molar refractivity (Wildman–Crippen MR) is 154 cm³/mol. The lowest BCUT2D eigenvalue weighted by Crippen LogP contribution is -2.55. The molecule has 3 N–H and O–H groups in total. The van der Waals surface area contributed by atoms with Crippen LogP contribution < -0.4 is 15.4 Å². The first-order valence-corrected chi connectivity index (χ1v) is 14.2. The zero-order valence-electron chi connectivity index (χ0n) is 23.4. The van der Waals surface area contributed by atoms with Gasteiger partial charge in [-0.05, 0) is 80.8 Å². The van der Waals surface area contributed by atoms with Crippen molar-refractivity contribution in [1.82, 2.24) is 4.90 Å². The van der Waals surface area contributed by atoms with Gasteiger partial charge in [0.05, 0.1) is 36.7 Å². The fourth-order valence-corrected chi connectivity index (χ4v) is 7.13. The number of fused-ring (bicyclic) bond motifs is 2. The van der Waals surface area contributed by atoms with Gasteiger partial charge in [-0.1, -0.05) is 30.3 Å². The summed E-state index contributed by atoms with van der Waals surface area (Å²) in [6, 6.07) is 18.9. The Balaban J connectivity index is 1.32. The first-order chi connectivity index (χ1) is 19.7. The number of anilines is 2. The lowest BCUT2D eigenvalue weighted by Gasteiger charge is -2.35. The van der Waals surface area contributed by atoms with E-state index in [1.165, 1.54) is 4.90 Å². The Kier molecular flexibility index (Phi) is 6.74. The largest absolute Gasteiger partial charge is 0.494 e. The number of carbonyl (C=O) groups excluding carboxylic acids is 3. The monoisotopic (exact) mass is 557 g/mol. The Hall–Kier alpha value is -3.95. The van der Waals surface area contributed by atoms with E-state index in [4.69, 9.17) is 9.47 Å². The first-order valence-electron chi connectivity index (χ1n) is 14.2. The number of rotatable bonds is 8. The van der Waals surface area contributed by atoms with Crippen molar-refractivity contribution in [2.45, 2.75) is 56.9 Å². The minimum Gasteiger partial charge on any atom is -0.494 e. The quantitative estimate of drug-likeness (QED) is 0.386. The number of likely N-dealkylation sites (tertiary alicyclic amines) is 1. The van der Waals surface area contributed by atoms with Crippen molar-refractivity contribution in [3.8, 4) is 5.75 Å². The van der Waals surface area contributed by atoms with E-state index in [1.807, 2.05) is 56.3 Å². The highest BCUT2D eigenvalue weighted by Crippen LogP contribution is 2.63. The summed E-state index contributed by atoms with van der Waals surface area (Å²) in [6.45, 7) is 5.67. The SMILES string of the molecule is CCOc1ccc(NC(=O)[C@H]2[C@H]3C(=O)N([C@H](C)CO)C(C(=O)Nc4ccc5ccccc5c4)C34CC[C@]2(C)O4)cc1. The van der Waals surface area contributed by atoms with Gasteiger partial charge in [-0.3, -0.25) is 14.4 Å². The van der Waals surface area contributed by atoms with E-state index in [9.17, 15) is 19.5 Å². The average Bonchev–Trinajstić information content (AvgIpc) is 3.54. The number of hydrogen-bond acceptors (Lipinski definition) is 6. The molecule has 2 bridgehead atoms. The van der Waals surface area contributed by atoms with Crippen molar-refractivity contribution in [2.24, 2.45) is 11.8 Å². The minimum atomic E-state index is -1.18. The second-order valence-electron chi connectivity index (χ2n) is 11.5. The number of nitrogens with one attached hydrogen (secondary N) is 2. The van der Waals surface area contributed by atoms with Gasteiger partial charge in [0.15, 0.2) is 0 Å². The molecule has 3 heterocycles. The van der Waals surface area contributed by atoms with Gasteiger partial charge in [-0.25, -0.2) is 0 Å². The van der Waals surface area contributed by atoms with Gasteiger partial charge >= 0.3 is 0 Å². The number of hydrogen-bond donors (Lipinski definition) is 3. The molecule has 0 aromatic heterocycles. The van der Waals surface area contributed by atoms with Gasteiger partial charge in [0.25, 0.3) is 0 Å². The highest BCUT2D eigenvalue weighted by molar-refractivity contribution is 6.06. The molecule has 214 valence electrons. The van der Waals surface area contributed by atoms with Crippen LogP contribution in [0.1, 0.15) is 33.6 Å². The summed E-state index contributed by atoms with van der Waals surface area (Å²) in [7, 11) is 0. The highest BCUT2D eigenvalue weighted by atomic mass is 16.5. The van der Waals surface area contributed by atoms with Crippen LogP contribution in [-0.2, 0) is 19.1 Å². The molecule has 3 fully saturated rings. The molecule has 41 heavy (non-hydrogen) atoms. The Morgan fingerprint density at radius 2 is 1.71 bits per heavy atom. The fraction of sp³-hybridized carbons (Fsp3) is 0.406. The van der Waals surface area contributed by atoms with E-state index in [-0.39, 0.29) is 18.4 Å². The molecule has 1 spiro atoms. The second-order valence-corrected chi connectivity index (χ2v) is 11.5. The molecule has 3 aliphatic heterocycles. The smallest absolute Gasteiger partial charge is 0.250 e. The lowest BCUT2D eigenvalue weighted by molar-refractivity contribution is -0.146. The first kappa shape index (κ1) is 27.2. The van der Waals surface area contributed by atoms with E-state index in [0.29, 0.717) is 36.6 Å². The van der Waals surface area contributed by atoms with Gasteiger partial charge in [0.1, 0.15) is 17.4 Å². The van der Waals surface area contributed by atoms with Crippen LogP contribution in [0.3, 0.4) is 0 Å². The van der Waals surface area contributed by atoms with Crippen LogP contribution in [0.15, 0.2) is 66.7 Å². The van der Waals surface area contributed by atoms with Crippen LogP contribution in [-0.4, -0.2) is 64.2 Å². The average molecular weight is 558 g/mol. The number of aliphatic hydroxyl groups excluding tert-OH is 1. The zero-order valence-corrected chi connectivity index (χ0v) is 23.4. The molecule has 0 aliphatic carbocycles. The van der Waals surface area contributed by atoms with Gasteiger partial charge < -0.3 is 30.1 Å². The fourth-order valence-electron chi connectivity index (χ4n) is 7.13. The Bertz CT molecular complexity index is 1510. The van der Waals surface area contributed by atoms with Gasteiger partial charge in [0, 0.05) is 11.4 Å². The van der Waals surface area contributed by atoms with Crippen LogP contribution in [0.5, 0.6) is 5.75 Å². The lowest BCUT2D eigenvalue weighted by atomic mass is 9.66. The number of benzene rings is 3. The van der Waals surface area contributed by atoms with Crippen LogP contribution in [0, 0.1) is 11.8 Å². The molecular formula is C32H35N3O6. The maximum atomic E-state index is 14.1. The van der Waals surface area contributed by atoms with Gasteiger partial charge in [0.2, 0.25) is 17.7 Å². The zero-order chi connectivity index (χ0) is 28.9. The molecule has 6 rings (SSSR count). The van der Waals surface area contributed by atoms with Crippen LogP contribution in [0.4, 0.5) is 11.4 Å². The number of aliphatic hydroxyl groups is 1. The number of amides is 3. The van der Waals surface area contributed by atoms with Crippen molar-refractivity contribution in [1.29, 1.82) is 0 Å². The molecule has 3 aromatic rings. The second kappa shape index (κ2) is 10.2. The summed E-state index contributed by atoms with van der Waals surface area (Å²) >= 11 is 0.